The van der Waals surface area contributed by atoms with Crippen molar-refractivity contribution >= 4 is 23.4 Å². The predicted molar refractivity (Wildman–Crippen MR) is 88.5 cm³/mol. The molecule has 0 fully saturated rings. The van der Waals surface area contributed by atoms with Gasteiger partial charge < -0.3 is 19.8 Å². The number of methoxy groups -OCH3 is 2. The molecule has 0 radical (unpaired) electrons. The Hall–Kier alpha value is -2.48. The number of anilines is 1. The second-order valence-electron chi connectivity index (χ2n) is 4.64. The third-order valence-corrected chi connectivity index (χ3v) is 4.06. The lowest BCUT2D eigenvalue weighted by Crippen LogP contribution is -2.16. The Balaban J connectivity index is 2.02. The van der Waals surface area contributed by atoms with Crippen LogP contribution in [0, 0.1) is 6.92 Å². The van der Waals surface area contributed by atoms with Gasteiger partial charge in [0.2, 0.25) is 5.91 Å². The van der Waals surface area contributed by atoms with Gasteiger partial charge in [-0.3, -0.25) is 4.79 Å². The molecular formula is C15H17N3O4S. The van der Waals surface area contributed by atoms with E-state index in [0.29, 0.717) is 22.2 Å². The number of hydrogen-bond donors (Lipinski definition) is 2. The van der Waals surface area contributed by atoms with Gasteiger partial charge in [-0.05, 0) is 12.5 Å². The highest BCUT2D eigenvalue weighted by atomic mass is 32.2. The zero-order valence-electron chi connectivity index (χ0n) is 13.0. The molecule has 0 bridgehead atoms. The maximum Gasteiger partial charge on any atom is 0.345 e. The monoisotopic (exact) mass is 335 g/mol. The quantitative estimate of drug-likeness (QED) is 0.618. The van der Waals surface area contributed by atoms with Crippen LogP contribution in [0.15, 0.2) is 34.2 Å². The summed E-state index contributed by atoms with van der Waals surface area (Å²) in [5, 5.41) is 3.40. The fraction of sp³-hybridized carbons (Fsp3) is 0.267. The van der Waals surface area contributed by atoms with Crippen molar-refractivity contribution in [3.05, 3.63) is 40.4 Å². The smallest absolute Gasteiger partial charge is 0.345 e. The van der Waals surface area contributed by atoms with Gasteiger partial charge in [0.05, 0.1) is 25.0 Å². The van der Waals surface area contributed by atoms with Crippen LogP contribution in [-0.2, 0) is 4.79 Å². The predicted octanol–water partition coefficient (Wildman–Crippen LogP) is 1.83. The lowest BCUT2D eigenvalue weighted by molar-refractivity contribution is -0.113. The molecular weight excluding hydrogens is 318 g/mol. The van der Waals surface area contributed by atoms with Gasteiger partial charge in [-0.15, -0.1) is 0 Å². The minimum absolute atomic E-state index is 0.153. The van der Waals surface area contributed by atoms with E-state index in [1.807, 2.05) is 6.92 Å². The zero-order chi connectivity index (χ0) is 16.8. The summed E-state index contributed by atoms with van der Waals surface area (Å²) in [5.74, 6) is 1.12. The van der Waals surface area contributed by atoms with Crippen molar-refractivity contribution in [1.82, 2.24) is 9.97 Å². The molecule has 1 heterocycles. The number of rotatable bonds is 6. The summed E-state index contributed by atoms with van der Waals surface area (Å²) in [6, 6.07) is 5.12. The molecule has 0 aliphatic carbocycles. The molecule has 2 N–H and O–H groups in total. The van der Waals surface area contributed by atoms with Crippen LogP contribution in [-0.4, -0.2) is 35.8 Å². The maximum atomic E-state index is 12.1. The summed E-state index contributed by atoms with van der Waals surface area (Å²) in [5.41, 5.74) is 0.952. The van der Waals surface area contributed by atoms with Crippen molar-refractivity contribution in [2.24, 2.45) is 0 Å². The number of carbonyl (C=O) groups excluding carboxylic acids is 1. The Bertz CT molecular complexity index is 738. The SMILES string of the molecule is COc1cc(NC(=O)CSc2[nH]c(=O)ncc2C)cc(OC)c1. The van der Waals surface area contributed by atoms with Crippen LogP contribution in [0.1, 0.15) is 5.56 Å². The highest BCUT2D eigenvalue weighted by Gasteiger charge is 2.09. The van der Waals surface area contributed by atoms with Crippen molar-refractivity contribution in [3.8, 4) is 11.5 Å². The standard InChI is InChI=1S/C15H17N3O4S/c1-9-7-16-15(20)18-14(9)23-8-13(19)17-10-4-11(21-2)6-12(5-10)22-3/h4-7H,8H2,1-3H3,(H,17,19)(H,16,18,20). The molecule has 0 unspecified atom stereocenters. The van der Waals surface area contributed by atoms with Gasteiger partial charge in [-0.1, -0.05) is 11.8 Å². The van der Waals surface area contributed by atoms with Crippen LogP contribution in [0.25, 0.3) is 0 Å². The first-order valence-electron chi connectivity index (χ1n) is 6.73. The molecule has 7 nitrogen and oxygen atoms in total. The molecule has 0 saturated heterocycles. The van der Waals surface area contributed by atoms with E-state index in [4.69, 9.17) is 9.47 Å². The van der Waals surface area contributed by atoms with Crippen molar-refractivity contribution in [2.45, 2.75) is 11.9 Å². The summed E-state index contributed by atoms with van der Waals surface area (Å²) < 4.78 is 10.3. The fourth-order valence-electron chi connectivity index (χ4n) is 1.81. The molecule has 0 saturated carbocycles. The van der Waals surface area contributed by atoms with E-state index >= 15 is 0 Å². The second-order valence-corrected chi connectivity index (χ2v) is 5.62. The summed E-state index contributed by atoms with van der Waals surface area (Å²) in [6.07, 6.45) is 1.48. The Morgan fingerprint density at radius 2 is 1.91 bits per heavy atom. The summed E-state index contributed by atoms with van der Waals surface area (Å²) >= 11 is 1.24. The molecule has 2 rings (SSSR count). The number of nitrogens with one attached hydrogen (secondary N) is 2. The number of hydrogen-bond acceptors (Lipinski definition) is 6. The Morgan fingerprint density at radius 1 is 1.26 bits per heavy atom. The van der Waals surface area contributed by atoms with Gasteiger partial charge in [0.1, 0.15) is 11.5 Å². The molecule has 0 aliphatic rings. The van der Waals surface area contributed by atoms with Crippen LogP contribution in [0.5, 0.6) is 11.5 Å². The van der Waals surface area contributed by atoms with E-state index < -0.39 is 5.69 Å². The molecule has 2 aromatic rings. The van der Waals surface area contributed by atoms with E-state index in [1.54, 1.807) is 32.4 Å². The highest BCUT2D eigenvalue weighted by molar-refractivity contribution is 8.00. The van der Waals surface area contributed by atoms with Gasteiger partial charge in [-0.25, -0.2) is 9.78 Å². The number of nitrogens with zero attached hydrogens (tertiary/aromatic N) is 1. The number of H-pyrrole nitrogens is 1. The second kappa shape index (κ2) is 7.68. The average Bonchev–Trinajstić information content (AvgIpc) is 2.55. The van der Waals surface area contributed by atoms with Gasteiger partial charge >= 0.3 is 5.69 Å². The Morgan fingerprint density at radius 3 is 2.52 bits per heavy atom. The van der Waals surface area contributed by atoms with Crippen LogP contribution in [0.2, 0.25) is 0 Å². The van der Waals surface area contributed by atoms with Crippen molar-refractivity contribution < 1.29 is 14.3 Å². The molecule has 122 valence electrons. The van der Waals surface area contributed by atoms with E-state index in [0.717, 1.165) is 5.56 Å². The first-order chi connectivity index (χ1) is 11.0. The van der Waals surface area contributed by atoms with Crippen molar-refractivity contribution in [3.63, 3.8) is 0 Å². The van der Waals surface area contributed by atoms with E-state index in [2.05, 4.69) is 15.3 Å². The number of ether oxygens (including phenoxy) is 2. The topological polar surface area (TPSA) is 93.3 Å². The summed E-state index contributed by atoms with van der Waals surface area (Å²) in [7, 11) is 3.08. The van der Waals surface area contributed by atoms with Crippen LogP contribution in [0.3, 0.4) is 0 Å². The Kier molecular flexibility index (Phi) is 5.64. The first-order valence-corrected chi connectivity index (χ1v) is 7.72. The van der Waals surface area contributed by atoms with E-state index in [1.165, 1.54) is 18.0 Å². The Labute approximate surface area is 137 Å². The maximum absolute atomic E-state index is 12.1. The molecule has 0 aliphatic heterocycles. The fourth-order valence-corrected chi connectivity index (χ4v) is 2.59. The lowest BCUT2D eigenvalue weighted by atomic mass is 10.2. The number of thioether (sulfide) groups is 1. The molecule has 0 spiro atoms. The third kappa shape index (κ3) is 4.75. The minimum Gasteiger partial charge on any atom is -0.497 e. The minimum atomic E-state index is -0.434. The molecule has 8 heteroatoms. The molecule has 1 amide bonds. The number of benzene rings is 1. The van der Waals surface area contributed by atoms with Gasteiger partial charge in [0.15, 0.2) is 0 Å². The van der Waals surface area contributed by atoms with Crippen molar-refractivity contribution in [1.29, 1.82) is 0 Å². The number of aromatic nitrogens is 2. The lowest BCUT2D eigenvalue weighted by Gasteiger charge is -2.10. The average molecular weight is 335 g/mol. The number of aromatic amines is 1. The number of amides is 1. The molecule has 0 atom stereocenters. The zero-order valence-corrected chi connectivity index (χ0v) is 13.8. The highest BCUT2D eigenvalue weighted by Crippen LogP contribution is 2.26. The third-order valence-electron chi connectivity index (χ3n) is 2.94. The number of carbonyl (C=O) groups is 1. The normalized spacial score (nSPS) is 10.2. The number of aryl methyl sites for hydroxylation is 1. The van der Waals surface area contributed by atoms with Crippen LogP contribution in [0.4, 0.5) is 5.69 Å². The van der Waals surface area contributed by atoms with E-state index in [-0.39, 0.29) is 11.7 Å². The van der Waals surface area contributed by atoms with Crippen LogP contribution >= 0.6 is 11.8 Å². The first kappa shape index (κ1) is 16.9. The van der Waals surface area contributed by atoms with Gasteiger partial charge in [-0.2, -0.15) is 0 Å². The van der Waals surface area contributed by atoms with Crippen LogP contribution < -0.4 is 20.5 Å². The van der Waals surface area contributed by atoms with E-state index in [9.17, 15) is 9.59 Å². The summed E-state index contributed by atoms with van der Waals surface area (Å²) in [4.78, 5) is 29.5. The van der Waals surface area contributed by atoms with Gasteiger partial charge in [0.25, 0.3) is 0 Å². The summed E-state index contributed by atoms with van der Waals surface area (Å²) in [6.45, 7) is 1.82. The largest absolute Gasteiger partial charge is 0.497 e. The van der Waals surface area contributed by atoms with Gasteiger partial charge in [0, 0.05) is 30.1 Å². The van der Waals surface area contributed by atoms with Crippen molar-refractivity contribution in [2.75, 3.05) is 25.3 Å². The molecule has 23 heavy (non-hydrogen) atoms. The molecule has 1 aromatic carbocycles. The molecule has 1 aromatic heterocycles.